The lowest BCUT2D eigenvalue weighted by molar-refractivity contribution is -0.139. The van der Waals surface area contributed by atoms with Crippen LogP contribution in [0.4, 0.5) is 0 Å². The van der Waals surface area contributed by atoms with Crippen LogP contribution in [0, 0.1) is 5.92 Å². The lowest BCUT2D eigenvalue weighted by Crippen LogP contribution is -2.47. The van der Waals surface area contributed by atoms with E-state index in [2.05, 4.69) is 4.90 Å². The maximum absolute atomic E-state index is 12.9. The van der Waals surface area contributed by atoms with Gasteiger partial charge in [0.2, 0.25) is 5.91 Å². The minimum absolute atomic E-state index is 0.164. The van der Waals surface area contributed by atoms with Crippen molar-refractivity contribution in [2.75, 3.05) is 24.7 Å². The molecule has 1 amide bonds. The standard InChI is InChI=1S/C15H26N2O2S/c16-12-4-3-11(8-12)15(18)17(13-5-7-20-10-13)9-14-2-1-6-19-14/h11-14H,1-10,16H2. The molecule has 0 aromatic carbocycles. The van der Waals surface area contributed by atoms with Gasteiger partial charge in [0.15, 0.2) is 0 Å². The van der Waals surface area contributed by atoms with E-state index in [0.717, 1.165) is 57.4 Å². The third-order valence-electron chi connectivity index (χ3n) is 4.88. The van der Waals surface area contributed by atoms with Crippen LogP contribution in [0.2, 0.25) is 0 Å². The van der Waals surface area contributed by atoms with Gasteiger partial charge in [0.25, 0.3) is 0 Å². The van der Waals surface area contributed by atoms with Gasteiger partial charge in [0, 0.05) is 36.9 Å². The Hall–Kier alpha value is -0.260. The molecule has 0 bridgehead atoms. The fraction of sp³-hybridized carbons (Fsp3) is 0.933. The number of nitrogens with two attached hydrogens (primary N) is 1. The van der Waals surface area contributed by atoms with Crippen molar-refractivity contribution in [1.29, 1.82) is 0 Å². The molecule has 2 N–H and O–H groups in total. The van der Waals surface area contributed by atoms with E-state index in [9.17, 15) is 4.79 Å². The zero-order valence-electron chi connectivity index (χ0n) is 12.1. The van der Waals surface area contributed by atoms with Gasteiger partial charge in [0.05, 0.1) is 6.10 Å². The lowest BCUT2D eigenvalue weighted by Gasteiger charge is -2.33. The summed E-state index contributed by atoms with van der Waals surface area (Å²) < 4.78 is 5.75. The summed E-state index contributed by atoms with van der Waals surface area (Å²) in [6, 6.07) is 0.653. The quantitative estimate of drug-likeness (QED) is 0.857. The van der Waals surface area contributed by atoms with Crippen molar-refractivity contribution in [1.82, 2.24) is 4.90 Å². The molecule has 114 valence electrons. The molecular weight excluding hydrogens is 272 g/mol. The van der Waals surface area contributed by atoms with Crippen molar-refractivity contribution in [3.8, 4) is 0 Å². The molecule has 2 saturated heterocycles. The third-order valence-corrected chi connectivity index (χ3v) is 6.02. The Morgan fingerprint density at radius 2 is 2.20 bits per heavy atom. The maximum atomic E-state index is 12.9. The molecule has 5 heteroatoms. The molecule has 4 atom stereocenters. The number of amides is 1. The Kier molecular flexibility index (Phi) is 4.89. The molecule has 20 heavy (non-hydrogen) atoms. The van der Waals surface area contributed by atoms with E-state index in [0.29, 0.717) is 11.9 Å². The van der Waals surface area contributed by atoms with Crippen LogP contribution >= 0.6 is 11.8 Å². The highest BCUT2D eigenvalue weighted by molar-refractivity contribution is 7.99. The molecule has 4 nitrogen and oxygen atoms in total. The first kappa shape index (κ1) is 14.7. The molecule has 2 aliphatic heterocycles. The monoisotopic (exact) mass is 298 g/mol. The molecular formula is C15H26N2O2S. The van der Waals surface area contributed by atoms with Gasteiger partial charge in [0.1, 0.15) is 0 Å². The molecule has 1 aliphatic carbocycles. The van der Waals surface area contributed by atoms with E-state index in [1.54, 1.807) is 0 Å². The van der Waals surface area contributed by atoms with Gasteiger partial charge >= 0.3 is 0 Å². The average Bonchev–Trinajstić information content (AvgIpc) is 3.17. The van der Waals surface area contributed by atoms with Crippen LogP contribution in [0.15, 0.2) is 0 Å². The van der Waals surface area contributed by atoms with Crippen LogP contribution in [0.25, 0.3) is 0 Å². The third kappa shape index (κ3) is 3.31. The van der Waals surface area contributed by atoms with E-state index < -0.39 is 0 Å². The van der Waals surface area contributed by atoms with E-state index in [-0.39, 0.29) is 18.1 Å². The van der Waals surface area contributed by atoms with E-state index in [4.69, 9.17) is 10.5 Å². The number of nitrogens with zero attached hydrogens (tertiary/aromatic N) is 1. The zero-order chi connectivity index (χ0) is 13.9. The molecule has 0 spiro atoms. The summed E-state index contributed by atoms with van der Waals surface area (Å²) in [6.45, 7) is 1.66. The highest BCUT2D eigenvalue weighted by atomic mass is 32.2. The first-order valence-corrected chi connectivity index (χ1v) is 9.15. The second-order valence-electron chi connectivity index (χ2n) is 6.41. The highest BCUT2D eigenvalue weighted by Gasteiger charge is 2.36. The Morgan fingerprint density at radius 1 is 1.30 bits per heavy atom. The highest BCUT2D eigenvalue weighted by Crippen LogP contribution is 2.30. The number of carbonyl (C=O) groups excluding carboxylic acids is 1. The summed E-state index contributed by atoms with van der Waals surface area (Å²) in [4.78, 5) is 15.0. The van der Waals surface area contributed by atoms with Crippen molar-refractivity contribution in [2.24, 2.45) is 11.7 Å². The summed E-state index contributed by atoms with van der Waals surface area (Å²) in [7, 11) is 0. The molecule has 0 aromatic rings. The molecule has 2 heterocycles. The molecule has 4 unspecified atom stereocenters. The van der Waals surface area contributed by atoms with Crippen molar-refractivity contribution < 1.29 is 9.53 Å². The SMILES string of the molecule is NC1CCC(C(=O)N(CC2CCCO2)C2CCSC2)C1. The Balaban J connectivity index is 1.65. The van der Waals surface area contributed by atoms with Crippen molar-refractivity contribution in [3.63, 3.8) is 0 Å². The summed E-state index contributed by atoms with van der Waals surface area (Å²) in [6.07, 6.45) is 6.50. The average molecular weight is 298 g/mol. The van der Waals surface area contributed by atoms with E-state index in [1.165, 1.54) is 5.75 Å². The predicted molar refractivity (Wildman–Crippen MR) is 81.7 cm³/mol. The van der Waals surface area contributed by atoms with Crippen molar-refractivity contribution in [3.05, 3.63) is 0 Å². The number of ether oxygens (including phenoxy) is 1. The number of hydrogen-bond acceptors (Lipinski definition) is 4. The number of rotatable bonds is 4. The number of thioether (sulfide) groups is 1. The summed E-state index contributed by atoms with van der Waals surface area (Å²) in [5.41, 5.74) is 5.98. The predicted octanol–water partition coefficient (Wildman–Crippen LogP) is 1.63. The van der Waals surface area contributed by atoms with Gasteiger partial charge < -0.3 is 15.4 Å². The zero-order valence-corrected chi connectivity index (χ0v) is 12.9. The largest absolute Gasteiger partial charge is 0.376 e. The second kappa shape index (κ2) is 6.67. The summed E-state index contributed by atoms with van der Waals surface area (Å²) >= 11 is 1.97. The smallest absolute Gasteiger partial charge is 0.226 e. The maximum Gasteiger partial charge on any atom is 0.226 e. The van der Waals surface area contributed by atoms with Crippen LogP contribution in [0.3, 0.4) is 0 Å². The molecule has 1 saturated carbocycles. The van der Waals surface area contributed by atoms with Crippen LogP contribution in [0.1, 0.15) is 38.5 Å². The van der Waals surface area contributed by atoms with Gasteiger partial charge in [-0.25, -0.2) is 0 Å². The molecule has 0 aromatic heterocycles. The molecule has 3 rings (SSSR count). The number of hydrogen-bond donors (Lipinski definition) is 1. The van der Waals surface area contributed by atoms with Gasteiger partial charge in [-0.05, 0) is 44.3 Å². The van der Waals surface area contributed by atoms with Crippen molar-refractivity contribution in [2.45, 2.75) is 56.7 Å². The van der Waals surface area contributed by atoms with Crippen molar-refractivity contribution >= 4 is 17.7 Å². The molecule has 0 radical (unpaired) electrons. The summed E-state index contributed by atoms with van der Waals surface area (Å²) in [5.74, 6) is 2.79. The molecule has 3 fully saturated rings. The Morgan fingerprint density at radius 3 is 2.80 bits per heavy atom. The van der Waals surface area contributed by atoms with Gasteiger partial charge in [-0.15, -0.1) is 0 Å². The normalized spacial score (nSPS) is 37.5. The van der Waals surface area contributed by atoms with Gasteiger partial charge in [-0.1, -0.05) is 0 Å². The van der Waals surface area contributed by atoms with Crippen LogP contribution in [-0.4, -0.2) is 53.7 Å². The first-order valence-electron chi connectivity index (χ1n) is 7.99. The number of carbonyl (C=O) groups is 1. The topological polar surface area (TPSA) is 55.6 Å². The Labute approximate surface area is 125 Å². The summed E-state index contributed by atoms with van der Waals surface area (Å²) in [5, 5.41) is 0. The minimum atomic E-state index is 0.164. The Bertz CT molecular complexity index is 341. The lowest BCUT2D eigenvalue weighted by atomic mass is 10.0. The molecule has 3 aliphatic rings. The fourth-order valence-corrected chi connectivity index (χ4v) is 4.89. The van der Waals surface area contributed by atoms with Crippen LogP contribution < -0.4 is 5.73 Å². The first-order chi connectivity index (χ1) is 9.74. The van der Waals surface area contributed by atoms with Crippen LogP contribution in [-0.2, 0) is 9.53 Å². The van der Waals surface area contributed by atoms with Crippen LogP contribution in [0.5, 0.6) is 0 Å². The fourth-order valence-electron chi connectivity index (χ4n) is 3.67. The van der Waals surface area contributed by atoms with Gasteiger partial charge in [-0.3, -0.25) is 4.79 Å². The second-order valence-corrected chi connectivity index (χ2v) is 7.56. The van der Waals surface area contributed by atoms with E-state index >= 15 is 0 Å². The minimum Gasteiger partial charge on any atom is -0.376 e. The van der Waals surface area contributed by atoms with E-state index in [1.807, 2.05) is 11.8 Å². The van der Waals surface area contributed by atoms with Gasteiger partial charge in [-0.2, -0.15) is 11.8 Å².